The molecular weight excluding hydrogens is 244 g/mol. The third-order valence-electron chi connectivity index (χ3n) is 3.27. The zero-order chi connectivity index (χ0) is 14.8. The summed E-state index contributed by atoms with van der Waals surface area (Å²) in [6.45, 7) is 5.99. The van der Waals surface area contributed by atoms with Gasteiger partial charge in [-0.05, 0) is 12.3 Å². The Labute approximate surface area is 118 Å². The van der Waals surface area contributed by atoms with Gasteiger partial charge in [0.25, 0.3) is 0 Å². The van der Waals surface area contributed by atoms with Crippen LogP contribution in [0.2, 0.25) is 0 Å². The van der Waals surface area contributed by atoms with E-state index in [0.29, 0.717) is 6.61 Å². The number of aliphatic hydroxyl groups excluding tert-OH is 1. The molecule has 1 aliphatic carbocycles. The van der Waals surface area contributed by atoms with Gasteiger partial charge in [0.15, 0.2) is 0 Å². The smallest absolute Gasteiger partial charge is 0.0697 e. The van der Waals surface area contributed by atoms with Gasteiger partial charge in [-0.2, -0.15) is 0 Å². The molecule has 3 N–H and O–H groups in total. The number of ether oxygens (including phenoxy) is 1. The second kappa shape index (κ2) is 20.2. The second-order valence-corrected chi connectivity index (χ2v) is 5.14. The minimum atomic E-state index is 0.147. The molecule has 0 unspecified atom stereocenters. The molecule has 1 saturated carbocycles. The Hall–Kier alpha value is -0.160. The molecule has 0 radical (unpaired) electrons. The molecule has 1 fully saturated rings. The fraction of sp³-hybridized carbons (Fsp3) is 1.00. The molecule has 0 spiro atoms. The van der Waals surface area contributed by atoms with Crippen molar-refractivity contribution in [3.63, 3.8) is 0 Å². The molecular formula is C15H34O4. The van der Waals surface area contributed by atoms with Gasteiger partial charge >= 0.3 is 0 Å². The average Bonchev–Trinajstić information content (AvgIpc) is 2.46. The lowest BCUT2D eigenvalue weighted by molar-refractivity contribution is -0.176. The average molecular weight is 278 g/mol. The van der Waals surface area contributed by atoms with Crippen LogP contribution in [0.25, 0.3) is 0 Å². The molecule has 0 saturated heterocycles. The topological polar surface area (TPSA) is 69.9 Å². The highest BCUT2D eigenvalue weighted by atomic mass is 17.0. The van der Waals surface area contributed by atoms with Crippen molar-refractivity contribution in [1.29, 1.82) is 0 Å². The van der Waals surface area contributed by atoms with Gasteiger partial charge in [-0.1, -0.05) is 65.2 Å². The van der Waals surface area contributed by atoms with Gasteiger partial charge in [0.1, 0.15) is 0 Å². The van der Waals surface area contributed by atoms with Gasteiger partial charge in [-0.3, -0.25) is 10.5 Å². The summed E-state index contributed by atoms with van der Waals surface area (Å²) in [5.41, 5.74) is 0. The molecule has 19 heavy (non-hydrogen) atoms. The standard InChI is InChI=1S/C8H18O2.C7H14.H2O2/c1-2-3-4-5-7-10-8-6-9;1-7-5-3-2-4-6-7;1-2/h9H,2-8H2,1H3;7H,2-6H2,1H3;1-2H. The first kappa shape index (κ1) is 21.1. The van der Waals surface area contributed by atoms with E-state index in [4.69, 9.17) is 20.4 Å². The number of unbranched alkanes of at least 4 members (excludes halogenated alkanes) is 3. The maximum Gasteiger partial charge on any atom is 0.0697 e. The Morgan fingerprint density at radius 2 is 1.58 bits per heavy atom. The highest BCUT2D eigenvalue weighted by molar-refractivity contribution is 4.59. The first-order valence-corrected chi connectivity index (χ1v) is 7.69. The molecule has 0 bridgehead atoms. The van der Waals surface area contributed by atoms with E-state index in [0.717, 1.165) is 18.9 Å². The Balaban J connectivity index is 0. The molecule has 0 aromatic heterocycles. The first-order chi connectivity index (χ1) is 9.31. The van der Waals surface area contributed by atoms with Gasteiger partial charge in [0.2, 0.25) is 0 Å². The molecule has 0 aromatic rings. The monoisotopic (exact) mass is 278 g/mol. The van der Waals surface area contributed by atoms with Crippen LogP contribution in [0.4, 0.5) is 0 Å². The van der Waals surface area contributed by atoms with Crippen LogP contribution in [-0.4, -0.2) is 35.4 Å². The van der Waals surface area contributed by atoms with Crippen molar-refractivity contribution in [1.82, 2.24) is 0 Å². The van der Waals surface area contributed by atoms with Crippen molar-refractivity contribution in [3.05, 3.63) is 0 Å². The lowest BCUT2D eigenvalue weighted by Crippen LogP contribution is -2.00. The molecule has 4 nitrogen and oxygen atoms in total. The van der Waals surface area contributed by atoms with E-state index in [9.17, 15) is 0 Å². The zero-order valence-electron chi connectivity index (χ0n) is 12.8. The maximum absolute atomic E-state index is 8.34. The van der Waals surface area contributed by atoms with Gasteiger partial charge in [-0.15, -0.1) is 0 Å². The fourth-order valence-electron chi connectivity index (χ4n) is 2.10. The number of rotatable bonds is 7. The Morgan fingerprint density at radius 3 is 2.00 bits per heavy atom. The lowest BCUT2D eigenvalue weighted by Gasteiger charge is -2.15. The van der Waals surface area contributed by atoms with Gasteiger partial charge in [0, 0.05) is 6.61 Å². The van der Waals surface area contributed by atoms with Crippen LogP contribution in [0.1, 0.15) is 71.6 Å². The van der Waals surface area contributed by atoms with E-state index in [1.54, 1.807) is 0 Å². The predicted molar refractivity (Wildman–Crippen MR) is 79.6 cm³/mol. The van der Waals surface area contributed by atoms with Crippen LogP contribution < -0.4 is 0 Å². The SMILES string of the molecule is CC1CCCCC1.CCCCCCOCCO.OO. The van der Waals surface area contributed by atoms with Crippen LogP contribution >= 0.6 is 0 Å². The van der Waals surface area contributed by atoms with Gasteiger partial charge < -0.3 is 9.84 Å². The Kier molecular flexibility index (Phi) is 22.4. The third kappa shape index (κ3) is 20.3. The van der Waals surface area contributed by atoms with Crippen LogP contribution in [0, 0.1) is 5.92 Å². The summed E-state index contributed by atoms with van der Waals surface area (Å²) in [6.07, 6.45) is 12.4. The maximum atomic E-state index is 8.34. The first-order valence-electron chi connectivity index (χ1n) is 7.69. The van der Waals surface area contributed by atoms with Gasteiger partial charge in [-0.25, -0.2) is 0 Å². The van der Waals surface area contributed by atoms with Crippen LogP contribution in [0.5, 0.6) is 0 Å². The summed E-state index contributed by atoms with van der Waals surface area (Å²) in [7, 11) is 0. The van der Waals surface area contributed by atoms with E-state index in [1.807, 2.05) is 0 Å². The summed E-state index contributed by atoms with van der Waals surface area (Å²) >= 11 is 0. The molecule has 4 heteroatoms. The molecule has 0 heterocycles. The highest BCUT2D eigenvalue weighted by Crippen LogP contribution is 2.22. The van der Waals surface area contributed by atoms with Crippen molar-refractivity contribution in [2.24, 2.45) is 5.92 Å². The van der Waals surface area contributed by atoms with Crippen LogP contribution in [0.3, 0.4) is 0 Å². The van der Waals surface area contributed by atoms with E-state index < -0.39 is 0 Å². The third-order valence-corrected chi connectivity index (χ3v) is 3.27. The predicted octanol–water partition coefficient (Wildman–Crippen LogP) is 4.18. The largest absolute Gasteiger partial charge is 0.394 e. The van der Waals surface area contributed by atoms with E-state index in [2.05, 4.69) is 13.8 Å². The summed E-state index contributed by atoms with van der Waals surface area (Å²) < 4.78 is 5.08. The van der Waals surface area contributed by atoms with Crippen LogP contribution in [-0.2, 0) is 4.74 Å². The van der Waals surface area contributed by atoms with Crippen LogP contribution in [0.15, 0.2) is 0 Å². The van der Waals surface area contributed by atoms with Gasteiger partial charge in [0.05, 0.1) is 13.2 Å². The summed E-state index contributed by atoms with van der Waals surface area (Å²) in [6, 6.07) is 0. The highest BCUT2D eigenvalue weighted by Gasteiger charge is 2.05. The minimum absolute atomic E-state index is 0.147. The molecule has 118 valence electrons. The molecule has 0 aliphatic heterocycles. The normalized spacial score (nSPS) is 15.0. The quantitative estimate of drug-likeness (QED) is 0.371. The fourth-order valence-corrected chi connectivity index (χ4v) is 2.10. The van der Waals surface area contributed by atoms with Crippen molar-refractivity contribution >= 4 is 0 Å². The number of hydrogen-bond acceptors (Lipinski definition) is 4. The summed E-state index contributed by atoms with van der Waals surface area (Å²) in [5.74, 6) is 1.04. The summed E-state index contributed by atoms with van der Waals surface area (Å²) in [5, 5.41) is 20.3. The molecule has 0 amide bonds. The van der Waals surface area contributed by atoms with E-state index >= 15 is 0 Å². The van der Waals surface area contributed by atoms with E-state index in [-0.39, 0.29) is 6.61 Å². The van der Waals surface area contributed by atoms with Crippen molar-refractivity contribution < 1.29 is 20.4 Å². The Bertz CT molecular complexity index is 128. The lowest BCUT2D eigenvalue weighted by atomic mass is 9.91. The molecule has 0 aromatic carbocycles. The van der Waals surface area contributed by atoms with Crippen molar-refractivity contribution in [3.8, 4) is 0 Å². The van der Waals surface area contributed by atoms with Crippen molar-refractivity contribution in [2.75, 3.05) is 19.8 Å². The zero-order valence-corrected chi connectivity index (χ0v) is 12.8. The van der Waals surface area contributed by atoms with Crippen molar-refractivity contribution in [2.45, 2.75) is 71.6 Å². The second-order valence-electron chi connectivity index (χ2n) is 5.14. The molecule has 1 rings (SSSR count). The summed E-state index contributed by atoms with van der Waals surface area (Å²) in [4.78, 5) is 0. The molecule has 0 atom stereocenters. The molecule has 1 aliphatic rings. The Morgan fingerprint density at radius 1 is 0.947 bits per heavy atom. The number of aliphatic hydroxyl groups is 1. The number of hydrogen-bond donors (Lipinski definition) is 3. The minimum Gasteiger partial charge on any atom is -0.394 e. The van der Waals surface area contributed by atoms with E-state index in [1.165, 1.54) is 51.4 Å².